The summed E-state index contributed by atoms with van der Waals surface area (Å²) in [5.41, 5.74) is 8.43. The molecule has 0 saturated carbocycles. The summed E-state index contributed by atoms with van der Waals surface area (Å²) in [4.78, 5) is 9.98. The van der Waals surface area contributed by atoms with E-state index in [0.717, 1.165) is 77.5 Å². The molecular formula is C39H25N3O2. The monoisotopic (exact) mass is 567 g/mol. The molecule has 1 N–H and O–H groups in total. The van der Waals surface area contributed by atoms with Crippen LogP contribution in [0.2, 0.25) is 0 Å². The van der Waals surface area contributed by atoms with Crippen molar-refractivity contribution in [2.45, 2.75) is 6.17 Å². The highest BCUT2D eigenvalue weighted by atomic mass is 16.3. The number of aliphatic imine (C=N–C) groups is 2. The van der Waals surface area contributed by atoms with Gasteiger partial charge in [-0.2, -0.15) is 0 Å². The molecule has 0 amide bonds. The highest BCUT2D eigenvalue weighted by Crippen LogP contribution is 2.41. The van der Waals surface area contributed by atoms with Gasteiger partial charge in [-0.05, 0) is 29.8 Å². The van der Waals surface area contributed by atoms with Crippen molar-refractivity contribution < 1.29 is 8.83 Å². The van der Waals surface area contributed by atoms with Crippen molar-refractivity contribution >= 4 is 55.5 Å². The van der Waals surface area contributed by atoms with Gasteiger partial charge in [0.15, 0.2) is 5.84 Å². The van der Waals surface area contributed by atoms with Gasteiger partial charge < -0.3 is 14.2 Å². The Labute approximate surface area is 252 Å². The summed E-state index contributed by atoms with van der Waals surface area (Å²) in [5, 5.41) is 7.86. The lowest BCUT2D eigenvalue weighted by atomic mass is 9.99. The predicted octanol–water partition coefficient (Wildman–Crippen LogP) is 9.65. The SMILES string of the molecule is c1ccc(C2=NC(c3ccccc3)NC(c3ccc4oc5c(-c6cccc7c6oc6ccccc67)cccc5c4c3)=N2)cc1. The summed E-state index contributed by atoms with van der Waals surface area (Å²) < 4.78 is 12.9. The number of nitrogens with one attached hydrogen (secondary N) is 1. The highest BCUT2D eigenvalue weighted by molar-refractivity contribution is 6.17. The first-order chi connectivity index (χ1) is 21.8. The van der Waals surface area contributed by atoms with Crippen LogP contribution in [0.4, 0.5) is 0 Å². The van der Waals surface area contributed by atoms with Crippen molar-refractivity contribution in [3.63, 3.8) is 0 Å². The van der Waals surface area contributed by atoms with Gasteiger partial charge in [0, 0.05) is 43.8 Å². The van der Waals surface area contributed by atoms with E-state index < -0.39 is 0 Å². The molecular weight excluding hydrogens is 542 g/mol. The Bertz CT molecular complexity index is 2420. The van der Waals surface area contributed by atoms with Gasteiger partial charge >= 0.3 is 0 Å². The van der Waals surface area contributed by atoms with E-state index in [9.17, 15) is 0 Å². The molecule has 0 fully saturated rings. The minimum atomic E-state index is -0.258. The zero-order valence-corrected chi connectivity index (χ0v) is 23.6. The van der Waals surface area contributed by atoms with Crippen molar-refractivity contribution in [1.29, 1.82) is 0 Å². The third-order valence-corrected chi connectivity index (χ3v) is 8.35. The number of rotatable bonds is 4. The smallest absolute Gasteiger partial charge is 0.159 e. The first kappa shape index (κ1) is 24.6. The maximum atomic E-state index is 6.56. The number of para-hydroxylation sites is 3. The fourth-order valence-electron chi connectivity index (χ4n) is 6.24. The molecule has 208 valence electrons. The minimum absolute atomic E-state index is 0.258. The van der Waals surface area contributed by atoms with Gasteiger partial charge in [-0.25, -0.2) is 9.98 Å². The lowest BCUT2D eigenvalue weighted by molar-refractivity contribution is 0.665. The van der Waals surface area contributed by atoms with E-state index in [1.165, 1.54) is 0 Å². The first-order valence-electron chi connectivity index (χ1n) is 14.7. The largest absolute Gasteiger partial charge is 0.455 e. The number of benzene rings is 6. The second-order valence-electron chi connectivity index (χ2n) is 11.0. The fraction of sp³-hybridized carbons (Fsp3) is 0.0256. The van der Waals surface area contributed by atoms with Crippen LogP contribution in [0.5, 0.6) is 0 Å². The standard InChI is InChI=1S/C39H25N3O2/c1-3-11-24(12-4-1)37-40-38(25-13-5-2-6-14-25)42-39(41-37)26-21-22-34-32(23-26)31-19-10-18-30(36(31)44-34)29-17-9-16-28-27-15-7-8-20-33(27)43-35(28)29/h1-23,37H,(H,40,41,42). The van der Waals surface area contributed by atoms with Crippen molar-refractivity contribution in [3.8, 4) is 11.1 Å². The van der Waals surface area contributed by atoms with Gasteiger partial charge in [0.05, 0.1) is 0 Å². The number of hydrogen-bond acceptors (Lipinski definition) is 5. The molecule has 6 aromatic carbocycles. The Hall–Kier alpha value is -5.94. The number of fused-ring (bicyclic) bond motifs is 6. The normalized spacial score (nSPS) is 15.0. The molecule has 5 heteroatoms. The van der Waals surface area contributed by atoms with Crippen LogP contribution in [0.25, 0.3) is 55.0 Å². The Kier molecular flexibility index (Phi) is 5.50. The lowest BCUT2D eigenvalue weighted by Crippen LogP contribution is -2.33. The van der Waals surface area contributed by atoms with Crippen LogP contribution in [0, 0.1) is 0 Å². The molecule has 44 heavy (non-hydrogen) atoms. The highest BCUT2D eigenvalue weighted by Gasteiger charge is 2.22. The van der Waals surface area contributed by atoms with Gasteiger partial charge in [0.1, 0.15) is 34.3 Å². The van der Waals surface area contributed by atoms with Crippen LogP contribution in [0.3, 0.4) is 0 Å². The fourth-order valence-corrected chi connectivity index (χ4v) is 6.24. The summed E-state index contributed by atoms with van der Waals surface area (Å²) in [6, 6.07) is 47.4. The van der Waals surface area contributed by atoms with E-state index in [-0.39, 0.29) is 6.17 Å². The van der Waals surface area contributed by atoms with Crippen LogP contribution < -0.4 is 5.32 Å². The van der Waals surface area contributed by atoms with E-state index in [1.54, 1.807) is 0 Å². The van der Waals surface area contributed by atoms with Crippen LogP contribution in [-0.4, -0.2) is 11.7 Å². The number of hydrogen-bond donors (Lipinski definition) is 1. The first-order valence-corrected chi connectivity index (χ1v) is 14.7. The Morgan fingerprint density at radius 3 is 1.86 bits per heavy atom. The van der Waals surface area contributed by atoms with Crippen LogP contribution >= 0.6 is 0 Å². The zero-order valence-electron chi connectivity index (χ0n) is 23.6. The molecule has 2 aromatic heterocycles. The minimum Gasteiger partial charge on any atom is -0.455 e. The molecule has 1 unspecified atom stereocenters. The van der Waals surface area contributed by atoms with Crippen LogP contribution in [-0.2, 0) is 0 Å². The Balaban J connectivity index is 1.19. The van der Waals surface area contributed by atoms with Gasteiger partial charge in [0.25, 0.3) is 0 Å². The van der Waals surface area contributed by atoms with E-state index in [4.69, 9.17) is 18.8 Å². The number of nitrogens with zero attached hydrogens (tertiary/aromatic N) is 2. The summed E-state index contributed by atoms with van der Waals surface area (Å²) in [5.74, 6) is 1.47. The molecule has 5 nitrogen and oxygen atoms in total. The molecule has 9 rings (SSSR count). The van der Waals surface area contributed by atoms with E-state index in [2.05, 4.69) is 72.0 Å². The average Bonchev–Trinajstić information content (AvgIpc) is 3.67. The summed E-state index contributed by atoms with van der Waals surface area (Å²) in [6.45, 7) is 0. The van der Waals surface area contributed by atoms with E-state index >= 15 is 0 Å². The van der Waals surface area contributed by atoms with Gasteiger partial charge in [0.2, 0.25) is 0 Å². The molecule has 1 aliphatic heterocycles. The third-order valence-electron chi connectivity index (χ3n) is 8.35. The molecule has 3 heterocycles. The Morgan fingerprint density at radius 1 is 0.500 bits per heavy atom. The predicted molar refractivity (Wildman–Crippen MR) is 178 cm³/mol. The van der Waals surface area contributed by atoms with Crippen molar-refractivity contribution in [3.05, 3.63) is 156 Å². The number of furan rings is 2. The van der Waals surface area contributed by atoms with Crippen molar-refractivity contribution in [2.75, 3.05) is 0 Å². The van der Waals surface area contributed by atoms with Crippen LogP contribution in [0.15, 0.2) is 158 Å². The summed E-state index contributed by atoms with van der Waals surface area (Å²) in [6.07, 6.45) is -0.258. The second kappa shape index (κ2) is 9.82. The van der Waals surface area contributed by atoms with Gasteiger partial charge in [-0.1, -0.05) is 115 Å². The molecule has 0 spiro atoms. The van der Waals surface area contributed by atoms with E-state index in [1.807, 2.05) is 72.8 Å². The molecule has 8 aromatic rings. The quantitative estimate of drug-likeness (QED) is 0.230. The lowest BCUT2D eigenvalue weighted by Gasteiger charge is -2.23. The summed E-state index contributed by atoms with van der Waals surface area (Å²) in [7, 11) is 0. The summed E-state index contributed by atoms with van der Waals surface area (Å²) >= 11 is 0. The maximum Gasteiger partial charge on any atom is 0.159 e. The van der Waals surface area contributed by atoms with Gasteiger partial charge in [-0.15, -0.1) is 0 Å². The molecule has 0 saturated heterocycles. The molecule has 1 aliphatic rings. The average molecular weight is 568 g/mol. The maximum absolute atomic E-state index is 6.56. The Morgan fingerprint density at radius 2 is 1.11 bits per heavy atom. The molecule has 0 radical (unpaired) electrons. The topological polar surface area (TPSA) is 63.0 Å². The molecule has 0 bridgehead atoms. The van der Waals surface area contributed by atoms with Crippen LogP contribution in [0.1, 0.15) is 22.9 Å². The van der Waals surface area contributed by atoms with Gasteiger partial charge in [-0.3, -0.25) is 0 Å². The van der Waals surface area contributed by atoms with Crippen molar-refractivity contribution in [2.24, 2.45) is 9.98 Å². The third kappa shape index (κ3) is 3.94. The van der Waals surface area contributed by atoms with E-state index in [0.29, 0.717) is 5.84 Å². The number of amidine groups is 2. The molecule has 0 aliphatic carbocycles. The zero-order chi connectivity index (χ0) is 29.0. The van der Waals surface area contributed by atoms with Crippen molar-refractivity contribution in [1.82, 2.24) is 5.32 Å². The molecule has 1 atom stereocenters. The second-order valence-corrected chi connectivity index (χ2v) is 11.0.